The summed E-state index contributed by atoms with van der Waals surface area (Å²) in [5.41, 5.74) is 4.91. The SMILES string of the molecule is CCc1cccc(-c2ccnc(Nc3ccc4[nH]c(C(=O)N(C)C)cc4c3)n2)n1. The van der Waals surface area contributed by atoms with Crippen LogP contribution in [0.25, 0.3) is 22.3 Å². The molecular weight excluding hydrogens is 364 g/mol. The summed E-state index contributed by atoms with van der Waals surface area (Å²) in [6, 6.07) is 15.5. The van der Waals surface area contributed by atoms with Gasteiger partial charge in [0.15, 0.2) is 0 Å². The van der Waals surface area contributed by atoms with Crippen molar-refractivity contribution in [3.05, 3.63) is 66.1 Å². The Labute approximate surface area is 168 Å². The van der Waals surface area contributed by atoms with E-state index in [4.69, 9.17) is 0 Å². The molecule has 7 heteroatoms. The summed E-state index contributed by atoms with van der Waals surface area (Å²) in [7, 11) is 3.46. The third kappa shape index (κ3) is 3.94. The number of amides is 1. The molecule has 0 aliphatic heterocycles. The van der Waals surface area contributed by atoms with Gasteiger partial charge in [-0.05, 0) is 48.9 Å². The molecule has 1 amide bonds. The first-order valence-electron chi connectivity index (χ1n) is 9.44. The lowest BCUT2D eigenvalue weighted by molar-refractivity contribution is 0.0823. The van der Waals surface area contributed by atoms with Crippen LogP contribution < -0.4 is 5.32 Å². The van der Waals surface area contributed by atoms with Gasteiger partial charge in [0.05, 0.1) is 11.4 Å². The van der Waals surface area contributed by atoms with Crippen molar-refractivity contribution in [3.8, 4) is 11.4 Å². The number of carbonyl (C=O) groups is 1. The van der Waals surface area contributed by atoms with Crippen LogP contribution in [-0.4, -0.2) is 44.8 Å². The molecule has 4 rings (SSSR count). The van der Waals surface area contributed by atoms with E-state index in [-0.39, 0.29) is 5.91 Å². The first kappa shape index (κ1) is 18.6. The molecule has 3 heterocycles. The monoisotopic (exact) mass is 386 g/mol. The Hall–Kier alpha value is -3.74. The first-order valence-corrected chi connectivity index (χ1v) is 9.44. The lowest BCUT2D eigenvalue weighted by Gasteiger charge is -2.07. The van der Waals surface area contributed by atoms with Gasteiger partial charge in [0.25, 0.3) is 5.91 Å². The Bertz CT molecular complexity index is 1180. The summed E-state index contributed by atoms with van der Waals surface area (Å²) in [5.74, 6) is 0.430. The van der Waals surface area contributed by atoms with Crippen molar-refractivity contribution in [2.45, 2.75) is 13.3 Å². The maximum Gasteiger partial charge on any atom is 0.269 e. The Morgan fingerprint density at radius 3 is 2.69 bits per heavy atom. The van der Waals surface area contributed by atoms with E-state index in [1.807, 2.05) is 48.5 Å². The molecule has 0 radical (unpaired) electrons. The van der Waals surface area contributed by atoms with Crippen molar-refractivity contribution in [2.24, 2.45) is 0 Å². The minimum absolute atomic E-state index is 0.0615. The molecule has 0 bridgehead atoms. The van der Waals surface area contributed by atoms with Crippen LogP contribution in [0.5, 0.6) is 0 Å². The van der Waals surface area contributed by atoms with Gasteiger partial charge >= 0.3 is 0 Å². The molecule has 29 heavy (non-hydrogen) atoms. The number of pyridine rings is 1. The van der Waals surface area contributed by atoms with E-state index >= 15 is 0 Å². The standard InChI is InChI=1S/C22H22N6O/c1-4-15-6-5-7-18(24-15)19-10-11-23-22(27-19)25-16-8-9-17-14(12-16)13-20(26-17)21(29)28(2)3/h5-13,26H,4H2,1-3H3,(H,23,25,27). The summed E-state index contributed by atoms with van der Waals surface area (Å²) in [6.07, 6.45) is 2.59. The van der Waals surface area contributed by atoms with Crippen molar-refractivity contribution in [1.82, 2.24) is 24.8 Å². The van der Waals surface area contributed by atoms with Crippen LogP contribution in [0.15, 0.2) is 54.7 Å². The topological polar surface area (TPSA) is 86.8 Å². The van der Waals surface area contributed by atoms with E-state index in [0.717, 1.165) is 40.1 Å². The molecule has 0 atom stereocenters. The third-order valence-corrected chi connectivity index (χ3v) is 4.60. The first-order chi connectivity index (χ1) is 14.0. The Balaban J connectivity index is 1.60. The highest BCUT2D eigenvalue weighted by Gasteiger charge is 2.12. The maximum absolute atomic E-state index is 12.2. The molecule has 0 saturated carbocycles. The van der Waals surface area contributed by atoms with Crippen LogP contribution in [0.1, 0.15) is 23.1 Å². The molecule has 0 spiro atoms. The number of carbonyl (C=O) groups excluding carboxylic acids is 1. The average molecular weight is 386 g/mol. The van der Waals surface area contributed by atoms with Gasteiger partial charge in [0.2, 0.25) is 5.95 Å². The summed E-state index contributed by atoms with van der Waals surface area (Å²) in [6.45, 7) is 2.08. The number of fused-ring (bicyclic) bond motifs is 1. The molecule has 4 aromatic rings. The molecule has 0 aliphatic carbocycles. The van der Waals surface area contributed by atoms with Crippen molar-refractivity contribution in [2.75, 3.05) is 19.4 Å². The third-order valence-electron chi connectivity index (χ3n) is 4.60. The highest BCUT2D eigenvalue weighted by Crippen LogP contribution is 2.23. The number of rotatable bonds is 5. The van der Waals surface area contributed by atoms with Crippen molar-refractivity contribution in [3.63, 3.8) is 0 Å². The van der Waals surface area contributed by atoms with E-state index in [1.165, 1.54) is 0 Å². The number of aryl methyl sites for hydroxylation is 1. The number of H-pyrrole nitrogens is 1. The minimum Gasteiger partial charge on any atom is -0.351 e. The van der Waals surface area contributed by atoms with Gasteiger partial charge in [-0.1, -0.05) is 13.0 Å². The lowest BCUT2D eigenvalue weighted by Crippen LogP contribution is -2.21. The van der Waals surface area contributed by atoms with E-state index in [9.17, 15) is 4.79 Å². The molecule has 146 valence electrons. The molecule has 0 unspecified atom stereocenters. The number of aromatic nitrogens is 4. The zero-order valence-electron chi connectivity index (χ0n) is 16.6. The van der Waals surface area contributed by atoms with Gasteiger partial charge in [0.1, 0.15) is 5.69 Å². The van der Waals surface area contributed by atoms with Gasteiger partial charge < -0.3 is 15.2 Å². The maximum atomic E-state index is 12.2. The average Bonchev–Trinajstić information content (AvgIpc) is 3.16. The predicted octanol–water partition coefficient (Wildman–Crippen LogP) is 4.03. The molecule has 0 fully saturated rings. The summed E-state index contributed by atoms with van der Waals surface area (Å²) in [4.78, 5) is 30.4. The Morgan fingerprint density at radius 1 is 1.07 bits per heavy atom. The number of anilines is 2. The van der Waals surface area contributed by atoms with Crippen LogP contribution >= 0.6 is 0 Å². The largest absolute Gasteiger partial charge is 0.351 e. The summed E-state index contributed by atoms with van der Waals surface area (Å²) >= 11 is 0. The van der Waals surface area contributed by atoms with E-state index in [2.05, 4.69) is 32.2 Å². The number of nitrogens with one attached hydrogen (secondary N) is 2. The van der Waals surface area contributed by atoms with Crippen molar-refractivity contribution in [1.29, 1.82) is 0 Å². The van der Waals surface area contributed by atoms with Crippen LogP contribution in [0.2, 0.25) is 0 Å². The smallest absolute Gasteiger partial charge is 0.269 e. The second-order valence-electron chi connectivity index (χ2n) is 6.94. The van der Waals surface area contributed by atoms with Gasteiger partial charge in [-0.15, -0.1) is 0 Å². The minimum atomic E-state index is -0.0615. The quantitative estimate of drug-likeness (QED) is 0.541. The Morgan fingerprint density at radius 2 is 1.90 bits per heavy atom. The zero-order valence-corrected chi connectivity index (χ0v) is 16.6. The molecule has 7 nitrogen and oxygen atoms in total. The van der Waals surface area contributed by atoms with Crippen LogP contribution in [-0.2, 0) is 6.42 Å². The van der Waals surface area contributed by atoms with E-state index in [1.54, 1.807) is 25.2 Å². The highest BCUT2D eigenvalue weighted by molar-refractivity contribution is 5.98. The molecule has 1 aromatic carbocycles. The number of nitrogens with zero attached hydrogens (tertiary/aromatic N) is 4. The van der Waals surface area contributed by atoms with Gasteiger partial charge in [-0.3, -0.25) is 9.78 Å². The van der Waals surface area contributed by atoms with E-state index < -0.39 is 0 Å². The number of benzene rings is 1. The second kappa shape index (κ2) is 7.71. The van der Waals surface area contributed by atoms with Crippen molar-refractivity contribution < 1.29 is 4.79 Å². The van der Waals surface area contributed by atoms with Crippen LogP contribution in [0, 0.1) is 0 Å². The fourth-order valence-electron chi connectivity index (χ4n) is 3.08. The van der Waals surface area contributed by atoms with Gasteiger partial charge in [0, 0.05) is 42.6 Å². The highest BCUT2D eigenvalue weighted by atomic mass is 16.2. The number of hydrogen-bond acceptors (Lipinski definition) is 5. The normalized spacial score (nSPS) is 10.9. The molecular formula is C22H22N6O. The van der Waals surface area contributed by atoms with Gasteiger partial charge in [-0.25, -0.2) is 9.97 Å². The molecule has 0 aliphatic rings. The second-order valence-corrected chi connectivity index (χ2v) is 6.94. The fourth-order valence-corrected chi connectivity index (χ4v) is 3.08. The Kier molecular flexibility index (Phi) is 4.95. The zero-order chi connectivity index (χ0) is 20.4. The van der Waals surface area contributed by atoms with E-state index in [0.29, 0.717) is 11.6 Å². The lowest BCUT2D eigenvalue weighted by atomic mass is 10.2. The molecule has 0 saturated heterocycles. The number of aromatic amines is 1. The fraction of sp³-hybridized carbons (Fsp3) is 0.182. The van der Waals surface area contributed by atoms with Crippen LogP contribution in [0.3, 0.4) is 0 Å². The van der Waals surface area contributed by atoms with Crippen molar-refractivity contribution >= 4 is 28.4 Å². The predicted molar refractivity (Wildman–Crippen MR) is 114 cm³/mol. The van der Waals surface area contributed by atoms with Gasteiger partial charge in [-0.2, -0.15) is 0 Å². The molecule has 3 aromatic heterocycles. The summed E-state index contributed by atoms with van der Waals surface area (Å²) < 4.78 is 0. The molecule has 2 N–H and O–H groups in total. The van der Waals surface area contributed by atoms with Crippen LogP contribution in [0.4, 0.5) is 11.6 Å². The summed E-state index contributed by atoms with van der Waals surface area (Å²) in [5, 5.41) is 4.18. The number of hydrogen-bond donors (Lipinski definition) is 2.